The van der Waals surface area contributed by atoms with E-state index in [2.05, 4.69) is 59.2 Å². The topological polar surface area (TPSA) is 43.8 Å². The third-order valence-electron chi connectivity index (χ3n) is 8.65. The molecular weight excluding hydrogens is 453 g/mol. The Labute approximate surface area is 212 Å². The Bertz CT molecular complexity index is 1290. The second kappa shape index (κ2) is 9.29. The summed E-state index contributed by atoms with van der Waals surface area (Å²) in [5, 5.41) is 4.49. The van der Waals surface area contributed by atoms with Crippen LogP contribution in [0.5, 0.6) is 0 Å². The van der Waals surface area contributed by atoms with E-state index in [1.807, 2.05) is 23.1 Å². The van der Waals surface area contributed by atoms with Crippen molar-refractivity contribution in [1.29, 1.82) is 0 Å². The van der Waals surface area contributed by atoms with E-state index in [9.17, 15) is 9.18 Å². The van der Waals surface area contributed by atoms with Gasteiger partial charge in [0.05, 0.1) is 11.1 Å². The number of para-hydroxylation sites is 1. The molecular formula is C29H36FN5O. The number of aromatic nitrogens is 1. The van der Waals surface area contributed by atoms with E-state index in [0.717, 1.165) is 79.7 Å². The number of rotatable bonds is 4. The van der Waals surface area contributed by atoms with Gasteiger partial charge in [0.1, 0.15) is 5.82 Å². The van der Waals surface area contributed by atoms with Crippen molar-refractivity contribution in [2.75, 3.05) is 53.4 Å². The van der Waals surface area contributed by atoms with Crippen molar-refractivity contribution in [3.05, 3.63) is 70.7 Å². The average molecular weight is 490 g/mol. The van der Waals surface area contributed by atoms with Crippen LogP contribution in [-0.2, 0) is 13.5 Å². The van der Waals surface area contributed by atoms with Crippen LogP contribution in [-0.4, -0.2) is 84.6 Å². The first-order chi connectivity index (χ1) is 17.4. The minimum absolute atomic E-state index is 0.0684. The molecule has 6 nitrogen and oxygen atoms in total. The molecule has 3 heterocycles. The lowest BCUT2D eigenvalue weighted by atomic mass is 9.92. The van der Waals surface area contributed by atoms with Crippen molar-refractivity contribution in [3.63, 3.8) is 0 Å². The molecule has 3 aromatic rings. The van der Waals surface area contributed by atoms with Gasteiger partial charge in [-0.25, -0.2) is 4.39 Å². The van der Waals surface area contributed by atoms with Crippen LogP contribution >= 0.6 is 0 Å². The predicted octanol–water partition coefficient (Wildman–Crippen LogP) is 3.38. The van der Waals surface area contributed by atoms with E-state index >= 15 is 0 Å². The molecule has 2 fully saturated rings. The lowest BCUT2D eigenvalue weighted by molar-refractivity contribution is 0.0737. The van der Waals surface area contributed by atoms with Gasteiger partial charge in [-0.2, -0.15) is 0 Å². The number of hydrogen-bond acceptors (Lipinski definition) is 4. The molecule has 0 radical (unpaired) electrons. The van der Waals surface area contributed by atoms with Crippen molar-refractivity contribution in [2.45, 2.75) is 30.8 Å². The number of carbonyl (C=O) groups excluding carboxylic acids is 1. The Morgan fingerprint density at radius 1 is 1.08 bits per heavy atom. The van der Waals surface area contributed by atoms with Gasteiger partial charge in [0, 0.05) is 81.5 Å². The van der Waals surface area contributed by atoms with Crippen LogP contribution in [0.1, 0.15) is 45.4 Å². The monoisotopic (exact) mass is 489 g/mol. The summed E-state index contributed by atoms with van der Waals surface area (Å²) in [6.07, 6.45) is 4.15. The molecule has 6 rings (SSSR count). The molecule has 0 bridgehead atoms. The van der Waals surface area contributed by atoms with Gasteiger partial charge in [0.25, 0.3) is 5.91 Å². The van der Waals surface area contributed by atoms with Crippen molar-refractivity contribution in [2.24, 2.45) is 7.05 Å². The summed E-state index contributed by atoms with van der Waals surface area (Å²) in [5.41, 5.74) is 5.15. The molecule has 36 heavy (non-hydrogen) atoms. The lowest BCUT2D eigenvalue weighted by Crippen LogP contribution is -2.46. The second-order valence-electron chi connectivity index (χ2n) is 10.9. The molecule has 3 aliphatic rings. The maximum absolute atomic E-state index is 14.9. The Hall–Kier alpha value is -2.74. The summed E-state index contributed by atoms with van der Waals surface area (Å²) in [6, 6.07) is 12.1. The maximum atomic E-state index is 14.9. The van der Waals surface area contributed by atoms with Gasteiger partial charge in [0.2, 0.25) is 0 Å². The first kappa shape index (κ1) is 23.6. The largest absolute Gasteiger partial charge is 0.350 e. The van der Waals surface area contributed by atoms with Gasteiger partial charge in [-0.1, -0.05) is 24.3 Å². The van der Waals surface area contributed by atoms with Crippen molar-refractivity contribution >= 4 is 16.8 Å². The Morgan fingerprint density at radius 3 is 2.64 bits per heavy atom. The number of piperazine rings is 1. The Balaban J connectivity index is 1.36. The number of benzene rings is 2. The highest BCUT2D eigenvalue weighted by Gasteiger charge is 2.42. The SMILES string of the molecule is CN(C)[C@H]1CN(C2CCc3cccc(F)c32)C[C@@H]1c1cn(C)c2c(C(=O)N3CCNCC3)cccc12. The molecule has 1 aromatic heterocycles. The zero-order valence-corrected chi connectivity index (χ0v) is 21.5. The quantitative estimate of drug-likeness (QED) is 0.610. The molecule has 0 spiro atoms. The van der Waals surface area contributed by atoms with E-state index in [4.69, 9.17) is 0 Å². The van der Waals surface area contributed by atoms with Crippen molar-refractivity contribution in [1.82, 2.24) is 24.6 Å². The van der Waals surface area contributed by atoms with E-state index in [0.29, 0.717) is 6.04 Å². The summed E-state index contributed by atoms with van der Waals surface area (Å²) in [7, 11) is 6.35. The van der Waals surface area contributed by atoms with Crippen LogP contribution in [0.15, 0.2) is 42.6 Å². The highest BCUT2D eigenvalue weighted by molar-refractivity contribution is 6.07. The zero-order valence-electron chi connectivity index (χ0n) is 21.5. The summed E-state index contributed by atoms with van der Waals surface area (Å²) in [6.45, 7) is 4.96. The number of nitrogens with zero attached hydrogens (tertiary/aromatic N) is 4. The van der Waals surface area contributed by atoms with E-state index in [1.54, 1.807) is 6.07 Å². The van der Waals surface area contributed by atoms with Crippen LogP contribution in [0.25, 0.3) is 10.9 Å². The molecule has 190 valence electrons. The number of aryl methyl sites for hydroxylation is 2. The molecule has 7 heteroatoms. The molecule has 1 N–H and O–H groups in total. The number of hydrogen-bond donors (Lipinski definition) is 1. The third kappa shape index (κ3) is 3.85. The summed E-state index contributed by atoms with van der Waals surface area (Å²) in [5.74, 6) is 0.329. The van der Waals surface area contributed by atoms with Crippen LogP contribution in [0.3, 0.4) is 0 Å². The fraction of sp³-hybridized carbons (Fsp3) is 0.483. The summed E-state index contributed by atoms with van der Waals surface area (Å²) in [4.78, 5) is 20.3. The molecule has 0 saturated carbocycles. The fourth-order valence-corrected chi connectivity index (χ4v) is 6.88. The smallest absolute Gasteiger partial charge is 0.256 e. The van der Waals surface area contributed by atoms with Crippen LogP contribution in [0.4, 0.5) is 4.39 Å². The predicted molar refractivity (Wildman–Crippen MR) is 141 cm³/mol. The average Bonchev–Trinajstić information content (AvgIpc) is 3.60. The van der Waals surface area contributed by atoms with Gasteiger partial charge in [-0.3, -0.25) is 9.69 Å². The van der Waals surface area contributed by atoms with Gasteiger partial charge < -0.3 is 19.7 Å². The van der Waals surface area contributed by atoms with Crippen molar-refractivity contribution < 1.29 is 9.18 Å². The number of amides is 1. The van der Waals surface area contributed by atoms with Gasteiger partial charge in [-0.05, 0) is 50.2 Å². The third-order valence-corrected chi connectivity index (χ3v) is 8.65. The van der Waals surface area contributed by atoms with E-state index in [1.165, 1.54) is 5.56 Å². The van der Waals surface area contributed by atoms with Crippen LogP contribution in [0, 0.1) is 5.82 Å². The summed E-state index contributed by atoms with van der Waals surface area (Å²) >= 11 is 0. The minimum atomic E-state index is -0.0684. The maximum Gasteiger partial charge on any atom is 0.256 e. The number of halogens is 1. The number of likely N-dealkylation sites (tertiary alicyclic amines) is 1. The number of fused-ring (bicyclic) bond motifs is 2. The molecule has 2 aromatic carbocycles. The normalized spacial score (nSPS) is 24.7. The highest BCUT2D eigenvalue weighted by Crippen LogP contribution is 2.44. The molecule has 1 aliphatic carbocycles. The highest BCUT2D eigenvalue weighted by atomic mass is 19.1. The first-order valence-electron chi connectivity index (χ1n) is 13.2. The zero-order chi connectivity index (χ0) is 25.0. The van der Waals surface area contributed by atoms with Gasteiger partial charge >= 0.3 is 0 Å². The molecule has 3 atom stereocenters. The van der Waals surface area contributed by atoms with Gasteiger partial charge in [-0.15, -0.1) is 0 Å². The van der Waals surface area contributed by atoms with Crippen molar-refractivity contribution in [3.8, 4) is 0 Å². The second-order valence-corrected chi connectivity index (χ2v) is 10.9. The Morgan fingerprint density at radius 2 is 1.86 bits per heavy atom. The summed E-state index contributed by atoms with van der Waals surface area (Å²) < 4.78 is 17.0. The minimum Gasteiger partial charge on any atom is -0.350 e. The standard InChI is InChI=1S/C29H36FN5O/c1-32(2)26-18-35(25-11-10-19-6-4-9-24(30)27(19)25)17-23(26)22-16-33(3)28-20(22)7-5-8-21(28)29(36)34-14-12-31-13-15-34/h4-9,16,23,25-26,31H,10-15,17-18H2,1-3H3/t23-,25?,26+/m1/s1. The molecule has 1 amide bonds. The number of likely N-dealkylation sites (N-methyl/N-ethyl adjacent to an activating group) is 1. The lowest BCUT2D eigenvalue weighted by Gasteiger charge is -2.28. The number of nitrogens with one attached hydrogen (secondary N) is 1. The van der Waals surface area contributed by atoms with Gasteiger partial charge in [0.15, 0.2) is 0 Å². The molecule has 2 aliphatic heterocycles. The molecule has 2 saturated heterocycles. The fourth-order valence-electron chi connectivity index (χ4n) is 6.88. The van der Waals surface area contributed by atoms with E-state index < -0.39 is 0 Å². The number of carbonyl (C=O) groups is 1. The first-order valence-corrected chi connectivity index (χ1v) is 13.2. The van der Waals surface area contributed by atoms with Crippen LogP contribution in [0.2, 0.25) is 0 Å². The Kier molecular flexibility index (Phi) is 6.10. The van der Waals surface area contributed by atoms with E-state index in [-0.39, 0.29) is 23.7 Å². The van der Waals surface area contributed by atoms with Crippen LogP contribution < -0.4 is 5.32 Å². The molecule has 1 unspecified atom stereocenters.